The zero-order valence-corrected chi connectivity index (χ0v) is 12.3. The second kappa shape index (κ2) is 6.70. The van der Waals surface area contributed by atoms with Gasteiger partial charge in [-0.2, -0.15) is 0 Å². The normalized spacial score (nSPS) is 10.0. The largest absolute Gasteiger partial charge is 0.380 e. The van der Waals surface area contributed by atoms with E-state index < -0.39 is 0 Å². The summed E-state index contributed by atoms with van der Waals surface area (Å²) in [4.78, 5) is 16.3. The number of pyridine rings is 1. The van der Waals surface area contributed by atoms with Crippen molar-refractivity contribution in [1.82, 2.24) is 4.98 Å². The molecule has 108 valence electrons. The summed E-state index contributed by atoms with van der Waals surface area (Å²) in [7, 11) is 0. The van der Waals surface area contributed by atoms with Crippen molar-refractivity contribution in [3.8, 4) is 0 Å². The Hall–Kier alpha value is -2.62. The standard InChI is InChI=1S/C17H19N3O/c1-4-7-19-16-9-14(10-18-11-16)17(21)20-15-6-5-12(2)13(3)8-15/h4-6,8-11,19H,1,7H2,2-3H3,(H,20,21). The summed E-state index contributed by atoms with van der Waals surface area (Å²) < 4.78 is 0. The van der Waals surface area contributed by atoms with E-state index in [4.69, 9.17) is 0 Å². The Balaban J connectivity index is 2.12. The Morgan fingerprint density at radius 1 is 1.19 bits per heavy atom. The van der Waals surface area contributed by atoms with Crippen LogP contribution in [0.25, 0.3) is 0 Å². The molecule has 2 rings (SSSR count). The Bertz CT molecular complexity index is 665. The highest BCUT2D eigenvalue weighted by molar-refractivity contribution is 6.04. The fourth-order valence-corrected chi connectivity index (χ4v) is 1.87. The Morgan fingerprint density at radius 2 is 2.00 bits per heavy atom. The number of aromatic nitrogens is 1. The van der Waals surface area contributed by atoms with Crippen molar-refractivity contribution >= 4 is 17.3 Å². The average Bonchev–Trinajstić information content (AvgIpc) is 2.49. The molecule has 1 amide bonds. The number of aryl methyl sites for hydroxylation is 2. The van der Waals surface area contributed by atoms with Crippen molar-refractivity contribution < 1.29 is 4.79 Å². The fraction of sp³-hybridized carbons (Fsp3) is 0.176. The Kier molecular flexibility index (Phi) is 4.72. The predicted octanol–water partition coefficient (Wildman–Crippen LogP) is 3.55. The number of nitrogens with zero attached hydrogens (tertiary/aromatic N) is 1. The molecule has 0 unspecified atom stereocenters. The van der Waals surface area contributed by atoms with E-state index >= 15 is 0 Å². The summed E-state index contributed by atoms with van der Waals surface area (Å²) in [5.41, 5.74) is 4.44. The second-order valence-corrected chi connectivity index (χ2v) is 4.89. The van der Waals surface area contributed by atoms with Crippen LogP contribution in [0.1, 0.15) is 21.5 Å². The highest BCUT2D eigenvalue weighted by Crippen LogP contribution is 2.16. The van der Waals surface area contributed by atoms with Gasteiger partial charge in [-0.15, -0.1) is 6.58 Å². The van der Waals surface area contributed by atoms with Crippen LogP contribution in [0, 0.1) is 13.8 Å². The monoisotopic (exact) mass is 281 g/mol. The number of carbonyl (C=O) groups excluding carboxylic acids is 1. The lowest BCUT2D eigenvalue weighted by atomic mass is 10.1. The summed E-state index contributed by atoms with van der Waals surface area (Å²) in [5, 5.41) is 5.99. The average molecular weight is 281 g/mol. The molecule has 0 saturated heterocycles. The van der Waals surface area contributed by atoms with Crippen LogP contribution >= 0.6 is 0 Å². The van der Waals surface area contributed by atoms with Gasteiger partial charge in [0.15, 0.2) is 0 Å². The van der Waals surface area contributed by atoms with E-state index in [0.29, 0.717) is 12.1 Å². The van der Waals surface area contributed by atoms with Gasteiger partial charge < -0.3 is 10.6 Å². The van der Waals surface area contributed by atoms with Crippen LogP contribution in [0.5, 0.6) is 0 Å². The molecule has 0 atom stereocenters. The number of amides is 1. The van der Waals surface area contributed by atoms with Crippen LogP contribution in [-0.4, -0.2) is 17.4 Å². The van der Waals surface area contributed by atoms with Crippen molar-refractivity contribution in [2.24, 2.45) is 0 Å². The number of carbonyl (C=O) groups is 1. The highest BCUT2D eigenvalue weighted by Gasteiger charge is 2.08. The van der Waals surface area contributed by atoms with Crippen LogP contribution in [0.2, 0.25) is 0 Å². The topological polar surface area (TPSA) is 54.0 Å². The number of hydrogen-bond donors (Lipinski definition) is 2. The third-order valence-corrected chi connectivity index (χ3v) is 3.22. The molecular formula is C17H19N3O. The lowest BCUT2D eigenvalue weighted by Gasteiger charge is -2.09. The molecule has 0 fully saturated rings. The first-order valence-corrected chi connectivity index (χ1v) is 6.78. The molecule has 4 heteroatoms. The molecule has 0 aliphatic heterocycles. The smallest absolute Gasteiger partial charge is 0.257 e. The molecule has 0 aliphatic carbocycles. The van der Waals surface area contributed by atoms with Crippen LogP contribution < -0.4 is 10.6 Å². The van der Waals surface area contributed by atoms with Gasteiger partial charge >= 0.3 is 0 Å². The van der Waals surface area contributed by atoms with Gasteiger partial charge in [-0.25, -0.2) is 0 Å². The minimum Gasteiger partial charge on any atom is -0.380 e. The Labute approximate surface area is 124 Å². The highest BCUT2D eigenvalue weighted by atomic mass is 16.1. The van der Waals surface area contributed by atoms with Crippen LogP contribution in [0.4, 0.5) is 11.4 Å². The van der Waals surface area contributed by atoms with Gasteiger partial charge in [0.2, 0.25) is 0 Å². The number of hydrogen-bond acceptors (Lipinski definition) is 3. The molecule has 1 aromatic carbocycles. The molecule has 4 nitrogen and oxygen atoms in total. The predicted molar refractivity (Wildman–Crippen MR) is 86.8 cm³/mol. The van der Waals surface area contributed by atoms with Gasteiger partial charge in [0.1, 0.15) is 0 Å². The minimum atomic E-state index is -0.173. The molecule has 2 N–H and O–H groups in total. The summed E-state index contributed by atoms with van der Waals surface area (Å²) >= 11 is 0. The van der Waals surface area contributed by atoms with Crippen molar-refractivity contribution in [1.29, 1.82) is 0 Å². The third kappa shape index (κ3) is 3.92. The molecule has 2 aromatic rings. The molecule has 0 aliphatic rings. The maximum atomic E-state index is 12.2. The SMILES string of the molecule is C=CCNc1cncc(C(=O)Nc2ccc(C)c(C)c2)c1. The van der Waals surface area contributed by atoms with Gasteiger partial charge in [-0.3, -0.25) is 9.78 Å². The Morgan fingerprint density at radius 3 is 2.71 bits per heavy atom. The van der Waals surface area contributed by atoms with Gasteiger partial charge in [-0.1, -0.05) is 12.1 Å². The van der Waals surface area contributed by atoms with E-state index in [1.165, 1.54) is 5.56 Å². The van der Waals surface area contributed by atoms with Crippen LogP contribution in [0.15, 0.2) is 49.3 Å². The van der Waals surface area contributed by atoms with Crippen LogP contribution in [-0.2, 0) is 0 Å². The first kappa shape index (κ1) is 14.8. The van der Waals surface area contributed by atoms with Crippen molar-refractivity contribution in [3.05, 3.63) is 66.0 Å². The molecule has 21 heavy (non-hydrogen) atoms. The molecule has 0 radical (unpaired) electrons. The third-order valence-electron chi connectivity index (χ3n) is 3.22. The van der Waals surface area contributed by atoms with E-state index in [1.807, 2.05) is 32.0 Å². The number of anilines is 2. The molecule has 0 bridgehead atoms. The molecule has 0 saturated carbocycles. The zero-order valence-electron chi connectivity index (χ0n) is 12.3. The van der Waals surface area contributed by atoms with Crippen molar-refractivity contribution in [3.63, 3.8) is 0 Å². The van der Waals surface area contributed by atoms with Gasteiger partial charge in [0.25, 0.3) is 5.91 Å². The van der Waals surface area contributed by atoms with Gasteiger partial charge in [0.05, 0.1) is 11.3 Å². The van der Waals surface area contributed by atoms with E-state index in [-0.39, 0.29) is 5.91 Å². The summed E-state index contributed by atoms with van der Waals surface area (Å²) in [5.74, 6) is -0.173. The minimum absolute atomic E-state index is 0.173. The van der Waals surface area contributed by atoms with Crippen molar-refractivity contribution in [2.45, 2.75) is 13.8 Å². The van der Waals surface area contributed by atoms with E-state index in [9.17, 15) is 4.79 Å². The number of nitrogens with one attached hydrogen (secondary N) is 2. The summed E-state index contributed by atoms with van der Waals surface area (Å²) in [6.07, 6.45) is 4.98. The van der Waals surface area contributed by atoms with Gasteiger partial charge in [-0.05, 0) is 43.2 Å². The zero-order chi connectivity index (χ0) is 15.2. The lowest BCUT2D eigenvalue weighted by molar-refractivity contribution is 0.102. The van der Waals surface area contributed by atoms with Crippen molar-refractivity contribution in [2.75, 3.05) is 17.2 Å². The van der Waals surface area contributed by atoms with E-state index in [1.54, 1.807) is 24.5 Å². The first-order chi connectivity index (χ1) is 10.1. The summed E-state index contributed by atoms with van der Waals surface area (Å²) in [6.45, 7) is 8.33. The second-order valence-electron chi connectivity index (χ2n) is 4.89. The molecule has 0 spiro atoms. The van der Waals surface area contributed by atoms with Gasteiger partial charge in [0, 0.05) is 24.6 Å². The lowest BCUT2D eigenvalue weighted by Crippen LogP contribution is -2.13. The summed E-state index contributed by atoms with van der Waals surface area (Å²) in [6, 6.07) is 7.62. The number of benzene rings is 1. The maximum Gasteiger partial charge on any atom is 0.257 e. The molecular weight excluding hydrogens is 262 g/mol. The molecule has 1 aromatic heterocycles. The van der Waals surface area contributed by atoms with Crippen LogP contribution in [0.3, 0.4) is 0 Å². The molecule has 1 heterocycles. The number of rotatable bonds is 5. The maximum absolute atomic E-state index is 12.2. The van der Waals surface area contributed by atoms with E-state index in [2.05, 4.69) is 22.2 Å². The first-order valence-electron chi connectivity index (χ1n) is 6.78. The van der Waals surface area contributed by atoms with E-state index in [0.717, 1.165) is 16.9 Å². The quantitative estimate of drug-likeness (QED) is 0.824. The fourth-order valence-electron chi connectivity index (χ4n) is 1.87.